The molecule has 5 nitrogen and oxygen atoms in total. The van der Waals surface area contributed by atoms with Gasteiger partial charge in [0.25, 0.3) is 0 Å². The highest BCUT2D eigenvalue weighted by Gasteiger charge is 2.31. The predicted octanol–water partition coefficient (Wildman–Crippen LogP) is 3.00. The number of ether oxygens (including phenoxy) is 1. The molecule has 0 atom stereocenters. The van der Waals surface area contributed by atoms with Gasteiger partial charge in [-0.05, 0) is 24.3 Å². The molecule has 1 saturated heterocycles. The SMILES string of the molecule is CC(=O)N1CCN(Cc2cc3cc(OC(F)(F)F)ccc3o2)CC1. The van der Waals surface area contributed by atoms with E-state index in [0.29, 0.717) is 36.4 Å². The molecule has 8 heteroatoms. The van der Waals surface area contributed by atoms with Crippen molar-refractivity contribution >= 4 is 16.9 Å². The maximum absolute atomic E-state index is 12.3. The number of carbonyl (C=O) groups is 1. The third-order valence-corrected chi connectivity index (χ3v) is 3.97. The van der Waals surface area contributed by atoms with Gasteiger partial charge in [0.15, 0.2) is 0 Å². The lowest BCUT2D eigenvalue weighted by Gasteiger charge is -2.33. The third kappa shape index (κ3) is 4.00. The minimum absolute atomic E-state index is 0.0654. The molecule has 0 radical (unpaired) electrons. The molecule has 0 unspecified atom stereocenters. The number of nitrogens with zero attached hydrogens (tertiary/aromatic N) is 2. The number of piperazine rings is 1. The van der Waals surface area contributed by atoms with Gasteiger partial charge in [0.1, 0.15) is 17.1 Å². The number of rotatable bonds is 3. The molecule has 0 spiro atoms. The van der Waals surface area contributed by atoms with Gasteiger partial charge in [-0.15, -0.1) is 13.2 Å². The van der Waals surface area contributed by atoms with Crippen LogP contribution in [0.25, 0.3) is 11.0 Å². The van der Waals surface area contributed by atoms with Crippen LogP contribution in [-0.2, 0) is 11.3 Å². The Hall–Kier alpha value is -2.22. The summed E-state index contributed by atoms with van der Waals surface area (Å²) in [6.07, 6.45) is -4.71. The third-order valence-electron chi connectivity index (χ3n) is 3.97. The van der Waals surface area contributed by atoms with E-state index in [-0.39, 0.29) is 11.7 Å². The first-order valence-corrected chi connectivity index (χ1v) is 7.56. The molecule has 1 aromatic carbocycles. The summed E-state index contributed by atoms with van der Waals surface area (Å²) in [6, 6.07) is 5.72. The maximum Gasteiger partial charge on any atom is 0.573 e. The van der Waals surface area contributed by atoms with Crippen molar-refractivity contribution in [3.05, 3.63) is 30.0 Å². The smallest absolute Gasteiger partial charge is 0.460 e. The standard InChI is InChI=1S/C16H17F3N2O3/c1-11(22)21-6-4-20(5-7-21)10-14-9-12-8-13(24-16(17,18)19)2-3-15(12)23-14/h2-3,8-9H,4-7,10H2,1H3. The van der Waals surface area contributed by atoms with E-state index in [4.69, 9.17) is 4.42 Å². The van der Waals surface area contributed by atoms with Crippen molar-refractivity contribution in [1.82, 2.24) is 9.80 Å². The van der Waals surface area contributed by atoms with Crippen molar-refractivity contribution < 1.29 is 27.1 Å². The van der Waals surface area contributed by atoms with Gasteiger partial charge in [-0.1, -0.05) is 0 Å². The van der Waals surface area contributed by atoms with Crippen LogP contribution in [0.3, 0.4) is 0 Å². The van der Waals surface area contributed by atoms with Crippen LogP contribution in [0, 0.1) is 0 Å². The molecule has 0 saturated carbocycles. The molecule has 0 N–H and O–H groups in total. The van der Waals surface area contributed by atoms with Gasteiger partial charge < -0.3 is 14.1 Å². The van der Waals surface area contributed by atoms with Crippen molar-refractivity contribution in [2.45, 2.75) is 19.8 Å². The van der Waals surface area contributed by atoms with E-state index in [1.54, 1.807) is 17.9 Å². The lowest BCUT2D eigenvalue weighted by molar-refractivity contribution is -0.274. The van der Waals surface area contributed by atoms with Gasteiger partial charge >= 0.3 is 6.36 Å². The fraction of sp³-hybridized carbons (Fsp3) is 0.438. The summed E-state index contributed by atoms with van der Waals surface area (Å²) in [6.45, 7) is 4.90. The highest BCUT2D eigenvalue weighted by molar-refractivity contribution is 5.79. The summed E-state index contributed by atoms with van der Waals surface area (Å²) in [5.41, 5.74) is 0.516. The van der Waals surface area contributed by atoms with Crippen molar-refractivity contribution in [3.8, 4) is 5.75 Å². The number of hydrogen-bond donors (Lipinski definition) is 0. The summed E-state index contributed by atoms with van der Waals surface area (Å²) in [4.78, 5) is 15.2. The molecule has 0 aliphatic carbocycles. The van der Waals surface area contributed by atoms with Gasteiger partial charge in [-0.3, -0.25) is 9.69 Å². The zero-order valence-corrected chi connectivity index (χ0v) is 13.1. The normalized spacial score (nSPS) is 16.6. The van der Waals surface area contributed by atoms with Crippen molar-refractivity contribution in [2.24, 2.45) is 0 Å². The summed E-state index contributed by atoms with van der Waals surface area (Å²) >= 11 is 0. The molecule has 2 aromatic rings. The fourth-order valence-corrected chi connectivity index (χ4v) is 2.79. The first-order chi connectivity index (χ1) is 11.3. The van der Waals surface area contributed by atoms with Gasteiger partial charge in [0.05, 0.1) is 6.54 Å². The lowest BCUT2D eigenvalue weighted by Crippen LogP contribution is -2.47. The molecule has 1 aromatic heterocycles. The number of benzene rings is 1. The largest absolute Gasteiger partial charge is 0.573 e. The Morgan fingerprint density at radius 2 is 1.92 bits per heavy atom. The predicted molar refractivity (Wildman–Crippen MR) is 80.4 cm³/mol. The topological polar surface area (TPSA) is 45.9 Å². The van der Waals surface area contributed by atoms with E-state index in [1.807, 2.05) is 0 Å². The van der Waals surface area contributed by atoms with E-state index in [2.05, 4.69) is 9.64 Å². The summed E-state index contributed by atoms with van der Waals surface area (Å²) < 4.78 is 46.4. The van der Waals surface area contributed by atoms with E-state index >= 15 is 0 Å². The van der Waals surface area contributed by atoms with Crippen LogP contribution in [0.5, 0.6) is 5.75 Å². The second kappa shape index (κ2) is 6.35. The minimum atomic E-state index is -4.71. The Bertz CT molecular complexity index is 734. The van der Waals surface area contributed by atoms with Crippen molar-refractivity contribution in [3.63, 3.8) is 0 Å². The molecule has 3 rings (SSSR count). The van der Waals surface area contributed by atoms with Crippen LogP contribution in [0.4, 0.5) is 13.2 Å². The van der Waals surface area contributed by atoms with Gasteiger partial charge in [0.2, 0.25) is 5.91 Å². The molecule has 24 heavy (non-hydrogen) atoms. The van der Waals surface area contributed by atoms with E-state index in [0.717, 1.165) is 13.1 Å². The van der Waals surface area contributed by atoms with Gasteiger partial charge in [-0.25, -0.2) is 0 Å². The Morgan fingerprint density at radius 1 is 1.21 bits per heavy atom. The Kier molecular flexibility index (Phi) is 4.40. The number of hydrogen-bond acceptors (Lipinski definition) is 4. The Morgan fingerprint density at radius 3 is 2.54 bits per heavy atom. The average Bonchev–Trinajstić information content (AvgIpc) is 2.87. The number of carbonyl (C=O) groups excluding carboxylic acids is 1. The highest BCUT2D eigenvalue weighted by atomic mass is 19.4. The first kappa shape index (κ1) is 16.6. The second-order valence-electron chi connectivity index (χ2n) is 5.74. The highest BCUT2D eigenvalue weighted by Crippen LogP contribution is 2.28. The molecule has 1 aliphatic rings. The number of amides is 1. The number of fused-ring (bicyclic) bond motifs is 1. The maximum atomic E-state index is 12.3. The number of halogens is 3. The zero-order valence-electron chi connectivity index (χ0n) is 13.1. The monoisotopic (exact) mass is 342 g/mol. The summed E-state index contributed by atoms with van der Waals surface area (Å²) in [5, 5.41) is 0.564. The van der Waals surface area contributed by atoms with Crippen LogP contribution in [0.15, 0.2) is 28.7 Å². The average molecular weight is 342 g/mol. The van der Waals surface area contributed by atoms with Gasteiger partial charge in [0, 0.05) is 38.5 Å². The first-order valence-electron chi connectivity index (χ1n) is 7.56. The van der Waals surface area contributed by atoms with Crippen LogP contribution in [0.2, 0.25) is 0 Å². The fourth-order valence-electron chi connectivity index (χ4n) is 2.79. The minimum Gasteiger partial charge on any atom is -0.460 e. The summed E-state index contributed by atoms with van der Waals surface area (Å²) in [5.74, 6) is 0.471. The molecule has 1 amide bonds. The van der Waals surface area contributed by atoms with Crippen LogP contribution >= 0.6 is 0 Å². The number of alkyl halides is 3. The van der Waals surface area contributed by atoms with Crippen molar-refractivity contribution in [1.29, 1.82) is 0 Å². The van der Waals surface area contributed by atoms with Crippen LogP contribution in [0.1, 0.15) is 12.7 Å². The molecule has 1 fully saturated rings. The molecule has 0 bridgehead atoms. The summed E-state index contributed by atoms with van der Waals surface area (Å²) in [7, 11) is 0. The lowest BCUT2D eigenvalue weighted by atomic mass is 10.2. The molecule has 1 aliphatic heterocycles. The van der Waals surface area contributed by atoms with E-state index in [9.17, 15) is 18.0 Å². The Balaban J connectivity index is 1.67. The molecular formula is C16H17F3N2O3. The van der Waals surface area contributed by atoms with Crippen LogP contribution < -0.4 is 4.74 Å². The second-order valence-corrected chi connectivity index (χ2v) is 5.74. The molecule has 130 valence electrons. The van der Waals surface area contributed by atoms with E-state index in [1.165, 1.54) is 18.2 Å². The quantitative estimate of drug-likeness (QED) is 0.860. The van der Waals surface area contributed by atoms with Crippen LogP contribution in [-0.4, -0.2) is 48.2 Å². The molecule has 2 heterocycles. The number of furan rings is 1. The van der Waals surface area contributed by atoms with Crippen molar-refractivity contribution in [2.75, 3.05) is 26.2 Å². The molecular weight excluding hydrogens is 325 g/mol. The van der Waals surface area contributed by atoms with Gasteiger partial charge in [-0.2, -0.15) is 0 Å². The van der Waals surface area contributed by atoms with E-state index < -0.39 is 6.36 Å². The Labute approximate surface area is 136 Å². The zero-order chi connectivity index (χ0) is 17.3.